The van der Waals surface area contributed by atoms with Gasteiger partial charge in [0.15, 0.2) is 23.0 Å². The molecule has 3 aliphatic rings. The molecule has 27 heavy (non-hydrogen) atoms. The Morgan fingerprint density at radius 2 is 1.37 bits per heavy atom. The van der Waals surface area contributed by atoms with Gasteiger partial charge in [0, 0.05) is 11.8 Å². The van der Waals surface area contributed by atoms with Gasteiger partial charge in [-0.1, -0.05) is 12.1 Å². The molecule has 0 saturated carbocycles. The number of benzene rings is 2. The van der Waals surface area contributed by atoms with Gasteiger partial charge in [-0.3, -0.25) is 0 Å². The molecule has 3 heterocycles. The van der Waals surface area contributed by atoms with Crippen molar-refractivity contribution >= 4 is 0 Å². The third-order valence-corrected chi connectivity index (χ3v) is 5.73. The summed E-state index contributed by atoms with van der Waals surface area (Å²) in [6.45, 7) is 1.62. The van der Waals surface area contributed by atoms with Crippen LogP contribution in [0, 0.1) is 11.8 Å². The summed E-state index contributed by atoms with van der Waals surface area (Å²) in [5, 5.41) is 0. The largest absolute Gasteiger partial charge is 0.493 e. The summed E-state index contributed by atoms with van der Waals surface area (Å²) in [6.07, 6.45) is 0.00320. The van der Waals surface area contributed by atoms with Gasteiger partial charge < -0.3 is 28.4 Å². The molecule has 0 amide bonds. The molecule has 0 unspecified atom stereocenters. The van der Waals surface area contributed by atoms with Crippen molar-refractivity contribution in [3.05, 3.63) is 47.5 Å². The van der Waals surface area contributed by atoms with Crippen LogP contribution in [-0.2, 0) is 9.47 Å². The fourth-order valence-corrected chi connectivity index (χ4v) is 4.35. The lowest BCUT2D eigenvalue weighted by Crippen LogP contribution is -2.14. The lowest BCUT2D eigenvalue weighted by atomic mass is 9.85. The number of rotatable bonds is 4. The summed E-state index contributed by atoms with van der Waals surface area (Å²) in [7, 11) is 3.29. The van der Waals surface area contributed by atoms with Crippen LogP contribution in [0.2, 0.25) is 0 Å². The second-order valence-electron chi connectivity index (χ2n) is 7.06. The molecule has 2 saturated heterocycles. The Kier molecular flexibility index (Phi) is 4.10. The molecule has 5 rings (SSSR count). The Balaban J connectivity index is 1.39. The zero-order valence-corrected chi connectivity index (χ0v) is 15.3. The lowest BCUT2D eigenvalue weighted by Gasteiger charge is -2.18. The van der Waals surface area contributed by atoms with Crippen LogP contribution in [0.1, 0.15) is 23.3 Å². The first-order chi connectivity index (χ1) is 13.3. The van der Waals surface area contributed by atoms with Crippen LogP contribution >= 0.6 is 0 Å². The van der Waals surface area contributed by atoms with Gasteiger partial charge in [0.25, 0.3) is 0 Å². The molecule has 6 nitrogen and oxygen atoms in total. The minimum Gasteiger partial charge on any atom is -0.493 e. The molecular weight excluding hydrogens is 348 g/mol. The predicted molar refractivity (Wildman–Crippen MR) is 96.5 cm³/mol. The second-order valence-corrected chi connectivity index (χ2v) is 7.06. The van der Waals surface area contributed by atoms with E-state index in [0.29, 0.717) is 30.8 Å². The number of fused-ring (bicyclic) bond motifs is 2. The van der Waals surface area contributed by atoms with E-state index in [1.807, 2.05) is 30.3 Å². The molecule has 2 aromatic carbocycles. The Bertz CT molecular complexity index is 851. The van der Waals surface area contributed by atoms with E-state index in [0.717, 1.165) is 28.4 Å². The lowest BCUT2D eigenvalue weighted by molar-refractivity contribution is 0.0191. The first-order valence-corrected chi connectivity index (χ1v) is 9.13. The highest BCUT2D eigenvalue weighted by atomic mass is 16.7. The number of hydrogen-bond acceptors (Lipinski definition) is 6. The Labute approximate surface area is 157 Å². The summed E-state index contributed by atoms with van der Waals surface area (Å²) in [4.78, 5) is 0. The van der Waals surface area contributed by atoms with E-state index >= 15 is 0 Å². The fraction of sp³-hybridized carbons (Fsp3) is 0.429. The van der Waals surface area contributed by atoms with E-state index in [-0.39, 0.29) is 19.0 Å². The molecule has 0 bridgehead atoms. The van der Waals surface area contributed by atoms with E-state index in [2.05, 4.69) is 6.07 Å². The van der Waals surface area contributed by atoms with Crippen LogP contribution in [0.15, 0.2) is 36.4 Å². The summed E-state index contributed by atoms with van der Waals surface area (Å²) >= 11 is 0. The van der Waals surface area contributed by atoms with Crippen LogP contribution in [0.5, 0.6) is 23.0 Å². The third kappa shape index (κ3) is 2.71. The molecule has 0 aliphatic carbocycles. The molecule has 0 spiro atoms. The highest BCUT2D eigenvalue weighted by Gasteiger charge is 2.48. The number of ether oxygens (including phenoxy) is 6. The van der Waals surface area contributed by atoms with Gasteiger partial charge in [-0.2, -0.15) is 0 Å². The number of methoxy groups -OCH3 is 2. The fourth-order valence-electron chi connectivity index (χ4n) is 4.35. The maximum Gasteiger partial charge on any atom is 0.231 e. The van der Waals surface area contributed by atoms with Gasteiger partial charge in [0.2, 0.25) is 6.79 Å². The van der Waals surface area contributed by atoms with Crippen molar-refractivity contribution in [1.82, 2.24) is 0 Å². The van der Waals surface area contributed by atoms with Crippen molar-refractivity contribution in [3.8, 4) is 23.0 Å². The summed E-state index contributed by atoms with van der Waals surface area (Å²) in [5.74, 6) is 3.63. The predicted octanol–water partition coefficient (Wildman–Crippen LogP) is 3.51. The summed E-state index contributed by atoms with van der Waals surface area (Å²) in [6, 6.07) is 12.0. The van der Waals surface area contributed by atoms with Crippen LogP contribution in [0.3, 0.4) is 0 Å². The Morgan fingerprint density at radius 1 is 0.741 bits per heavy atom. The van der Waals surface area contributed by atoms with E-state index in [1.165, 1.54) is 0 Å². The standard InChI is InChI=1S/C21H22O6/c1-22-16-5-3-12(7-18(16)23-2)20-14-9-25-21(15(14)10-24-20)13-4-6-17-19(8-13)27-11-26-17/h3-8,14-15,20-21H,9-11H2,1-2H3/t14-,15-,20+,21-/m1/s1. The van der Waals surface area contributed by atoms with Crippen molar-refractivity contribution in [2.24, 2.45) is 11.8 Å². The maximum atomic E-state index is 6.19. The molecule has 6 heteroatoms. The monoisotopic (exact) mass is 370 g/mol. The third-order valence-electron chi connectivity index (χ3n) is 5.73. The average molecular weight is 370 g/mol. The van der Waals surface area contributed by atoms with E-state index in [1.54, 1.807) is 14.2 Å². The summed E-state index contributed by atoms with van der Waals surface area (Å²) in [5.41, 5.74) is 2.21. The Hall–Kier alpha value is -2.44. The molecule has 0 radical (unpaired) electrons. The molecule has 4 atom stereocenters. The molecule has 2 aromatic rings. The quantitative estimate of drug-likeness (QED) is 0.821. The Morgan fingerprint density at radius 3 is 2.07 bits per heavy atom. The molecule has 0 N–H and O–H groups in total. The van der Waals surface area contributed by atoms with Crippen molar-refractivity contribution in [3.63, 3.8) is 0 Å². The minimum atomic E-state index is -0.00573. The van der Waals surface area contributed by atoms with Gasteiger partial charge in [-0.25, -0.2) is 0 Å². The maximum absolute atomic E-state index is 6.19. The van der Waals surface area contributed by atoms with Gasteiger partial charge in [0.1, 0.15) is 0 Å². The summed E-state index contributed by atoms with van der Waals surface area (Å²) < 4.78 is 34.1. The van der Waals surface area contributed by atoms with E-state index < -0.39 is 0 Å². The topological polar surface area (TPSA) is 55.4 Å². The van der Waals surface area contributed by atoms with Crippen LogP contribution in [0.25, 0.3) is 0 Å². The van der Waals surface area contributed by atoms with Crippen molar-refractivity contribution < 1.29 is 28.4 Å². The second kappa shape index (κ2) is 6.62. The molecular formula is C21H22O6. The van der Waals surface area contributed by atoms with Gasteiger partial charge in [0.05, 0.1) is 39.6 Å². The zero-order chi connectivity index (χ0) is 18.4. The van der Waals surface area contributed by atoms with Crippen molar-refractivity contribution in [1.29, 1.82) is 0 Å². The van der Waals surface area contributed by atoms with E-state index in [4.69, 9.17) is 28.4 Å². The molecule has 0 aromatic heterocycles. The van der Waals surface area contributed by atoms with Crippen LogP contribution in [0.4, 0.5) is 0 Å². The molecule has 142 valence electrons. The first-order valence-electron chi connectivity index (χ1n) is 9.13. The normalized spacial score (nSPS) is 28.2. The average Bonchev–Trinajstić information content (AvgIpc) is 3.42. The van der Waals surface area contributed by atoms with Gasteiger partial charge in [-0.05, 0) is 35.4 Å². The molecule has 2 fully saturated rings. The van der Waals surface area contributed by atoms with E-state index in [9.17, 15) is 0 Å². The SMILES string of the molecule is COc1ccc([C@@H]2OC[C@@H]3[C@H]2CO[C@@H]3c2ccc3c(c2)OCO3)cc1OC. The number of hydrogen-bond donors (Lipinski definition) is 0. The van der Waals surface area contributed by atoms with Crippen molar-refractivity contribution in [2.45, 2.75) is 12.2 Å². The highest BCUT2D eigenvalue weighted by molar-refractivity contribution is 5.46. The van der Waals surface area contributed by atoms with Crippen LogP contribution in [-0.4, -0.2) is 34.2 Å². The molecule has 3 aliphatic heterocycles. The van der Waals surface area contributed by atoms with Gasteiger partial charge >= 0.3 is 0 Å². The smallest absolute Gasteiger partial charge is 0.231 e. The van der Waals surface area contributed by atoms with Gasteiger partial charge in [-0.15, -0.1) is 0 Å². The first kappa shape index (κ1) is 16.7. The zero-order valence-electron chi connectivity index (χ0n) is 15.3. The minimum absolute atomic E-state index is 0.00573. The van der Waals surface area contributed by atoms with Crippen LogP contribution < -0.4 is 18.9 Å². The highest BCUT2D eigenvalue weighted by Crippen LogP contribution is 2.51. The van der Waals surface area contributed by atoms with Crippen molar-refractivity contribution in [2.75, 3.05) is 34.2 Å².